The van der Waals surface area contributed by atoms with Gasteiger partial charge in [-0.05, 0) is 39.8 Å². The molecule has 0 aromatic carbocycles. The Morgan fingerprint density at radius 2 is 1.62 bits per heavy atom. The number of likely N-dealkylation sites (N-methyl/N-ethyl adjacent to an activating group) is 1. The summed E-state index contributed by atoms with van der Waals surface area (Å²) in [6.45, 7) is 18.5. The number of carbonyl (C=O) groups is 1. The molecule has 26 heavy (non-hydrogen) atoms. The Hall–Kier alpha value is -0.890. The number of amides is 2. The maximum atomic E-state index is 12.0. The van der Waals surface area contributed by atoms with Crippen LogP contribution in [0.25, 0.3) is 0 Å². The number of hydrogen-bond donors (Lipinski definition) is 2. The summed E-state index contributed by atoms with van der Waals surface area (Å²) >= 11 is 0. The van der Waals surface area contributed by atoms with E-state index in [1.807, 2.05) is 0 Å². The normalized spacial score (nSPS) is 20.9. The molecule has 2 saturated heterocycles. The topological polar surface area (TPSA) is 60.1 Å². The Kier molecular flexibility index (Phi) is 9.11. The van der Waals surface area contributed by atoms with Crippen LogP contribution < -0.4 is 10.6 Å². The predicted molar refractivity (Wildman–Crippen MR) is 106 cm³/mol. The zero-order chi connectivity index (χ0) is 18.8. The summed E-state index contributed by atoms with van der Waals surface area (Å²) in [5.41, 5.74) is -0.0399. The van der Waals surface area contributed by atoms with Crippen LogP contribution in [0.1, 0.15) is 33.6 Å². The average molecular weight is 370 g/mol. The maximum Gasteiger partial charge on any atom is 0.314 e. The Bertz CT molecular complexity index is 405. The van der Waals surface area contributed by atoms with Gasteiger partial charge in [-0.25, -0.2) is 4.79 Å². The highest BCUT2D eigenvalue weighted by atomic mass is 16.5. The van der Waals surface area contributed by atoms with Gasteiger partial charge in [-0.1, -0.05) is 6.92 Å². The molecular formula is C19H39N5O2. The quantitative estimate of drug-likeness (QED) is 0.589. The fourth-order valence-electron chi connectivity index (χ4n) is 3.63. The van der Waals surface area contributed by atoms with Crippen LogP contribution in [-0.2, 0) is 4.74 Å². The summed E-state index contributed by atoms with van der Waals surface area (Å²) in [4.78, 5) is 19.4. The van der Waals surface area contributed by atoms with Gasteiger partial charge in [0.15, 0.2) is 0 Å². The molecule has 7 nitrogen and oxygen atoms in total. The summed E-state index contributed by atoms with van der Waals surface area (Å²) in [7, 11) is 0. The standard InChI is InChI=1S/C19H39N5O2/c1-4-22-9-11-23(12-10-22)8-6-5-7-20-18(25)21-17-19(2,3)24-13-15-26-16-14-24/h4-17H2,1-3H3,(H2,20,21,25). The van der Waals surface area contributed by atoms with E-state index in [4.69, 9.17) is 4.74 Å². The first-order valence-corrected chi connectivity index (χ1v) is 10.3. The molecule has 2 fully saturated rings. The van der Waals surface area contributed by atoms with Gasteiger partial charge in [0, 0.05) is 57.9 Å². The summed E-state index contributed by atoms with van der Waals surface area (Å²) in [5.74, 6) is 0. The molecule has 0 bridgehead atoms. The lowest BCUT2D eigenvalue weighted by Crippen LogP contribution is -2.56. The molecule has 2 aliphatic rings. The van der Waals surface area contributed by atoms with E-state index in [1.54, 1.807) is 0 Å². The molecule has 2 rings (SSSR count). The van der Waals surface area contributed by atoms with Crippen molar-refractivity contribution in [3.63, 3.8) is 0 Å². The van der Waals surface area contributed by atoms with Crippen LogP contribution in [0.3, 0.4) is 0 Å². The van der Waals surface area contributed by atoms with E-state index in [0.717, 1.165) is 58.8 Å². The molecule has 0 atom stereocenters. The first-order chi connectivity index (χ1) is 12.5. The van der Waals surface area contributed by atoms with Crippen molar-refractivity contribution in [2.24, 2.45) is 0 Å². The number of unbranched alkanes of at least 4 members (excludes halogenated alkanes) is 1. The largest absolute Gasteiger partial charge is 0.379 e. The predicted octanol–water partition coefficient (Wildman–Crippen LogP) is 0.814. The van der Waals surface area contributed by atoms with E-state index in [1.165, 1.54) is 26.2 Å². The van der Waals surface area contributed by atoms with Gasteiger partial charge in [0.2, 0.25) is 0 Å². The van der Waals surface area contributed by atoms with Crippen molar-refractivity contribution in [2.45, 2.75) is 39.2 Å². The lowest BCUT2D eigenvalue weighted by Gasteiger charge is -2.40. The molecule has 0 spiro atoms. The Morgan fingerprint density at radius 3 is 2.27 bits per heavy atom. The summed E-state index contributed by atoms with van der Waals surface area (Å²) in [6, 6.07) is -0.0529. The fraction of sp³-hybridized carbons (Fsp3) is 0.947. The first-order valence-electron chi connectivity index (χ1n) is 10.3. The van der Waals surface area contributed by atoms with Crippen molar-refractivity contribution in [1.82, 2.24) is 25.3 Å². The van der Waals surface area contributed by atoms with Gasteiger partial charge in [-0.3, -0.25) is 4.90 Å². The third-order valence-electron chi connectivity index (χ3n) is 5.65. The van der Waals surface area contributed by atoms with E-state index in [0.29, 0.717) is 6.54 Å². The minimum atomic E-state index is -0.0529. The van der Waals surface area contributed by atoms with Gasteiger partial charge < -0.3 is 25.2 Å². The van der Waals surface area contributed by atoms with Crippen LogP contribution in [0.4, 0.5) is 4.79 Å². The number of nitrogens with one attached hydrogen (secondary N) is 2. The van der Waals surface area contributed by atoms with Crippen molar-refractivity contribution in [3.05, 3.63) is 0 Å². The van der Waals surface area contributed by atoms with E-state index >= 15 is 0 Å². The van der Waals surface area contributed by atoms with Crippen LogP contribution in [0.2, 0.25) is 0 Å². The third-order valence-corrected chi connectivity index (χ3v) is 5.65. The highest BCUT2D eigenvalue weighted by Crippen LogP contribution is 2.14. The molecule has 2 N–H and O–H groups in total. The zero-order valence-electron chi connectivity index (χ0n) is 17.1. The maximum absolute atomic E-state index is 12.0. The smallest absolute Gasteiger partial charge is 0.314 e. The molecule has 0 saturated carbocycles. The Morgan fingerprint density at radius 1 is 0.962 bits per heavy atom. The third kappa shape index (κ3) is 7.39. The molecule has 0 radical (unpaired) electrons. The van der Waals surface area contributed by atoms with Gasteiger partial charge in [-0.2, -0.15) is 0 Å². The average Bonchev–Trinajstić information content (AvgIpc) is 2.67. The molecule has 0 unspecified atom stereocenters. The monoisotopic (exact) mass is 369 g/mol. The van der Waals surface area contributed by atoms with E-state index in [9.17, 15) is 4.79 Å². The van der Waals surface area contributed by atoms with Crippen LogP contribution >= 0.6 is 0 Å². The molecule has 0 aromatic heterocycles. The van der Waals surface area contributed by atoms with Gasteiger partial charge in [0.05, 0.1) is 13.2 Å². The molecular weight excluding hydrogens is 330 g/mol. The SMILES string of the molecule is CCN1CCN(CCCCNC(=O)NCC(C)(C)N2CCOCC2)CC1. The second-order valence-corrected chi connectivity index (χ2v) is 8.00. The molecule has 0 aromatic rings. The van der Waals surface area contributed by atoms with Crippen molar-refractivity contribution < 1.29 is 9.53 Å². The summed E-state index contributed by atoms with van der Waals surface area (Å²) in [6.07, 6.45) is 2.18. The minimum Gasteiger partial charge on any atom is -0.379 e. The fourth-order valence-corrected chi connectivity index (χ4v) is 3.63. The minimum absolute atomic E-state index is 0.0399. The van der Waals surface area contributed by atoms with Crippen LogP contribution in [0.5, 0.6) is 0 Å². The van der Waals surface area contributed by atoms with Gasteiger partial charge in [-0.15, -0.1) is 0 Å². The van der Waals surface area contributed by atoms with Crippen molar-refractivity contribution in [1.29, 1.82) is 0 Å². The number of rotatable bonds is 9. The van der Waals surface area contributed by atoms with Crippen LogP contribution in [0, 0.1) is 0 Å². The van der Waals surface area contributed by atoms with E-state index in [-0.39, 0.29) is 11.6 Å². The highest BCUT2D eigenvalue weighted by molar-refractivity contribution is 5.73. The number of piperazine rings is 1. The van der Waals surface area contributed by atoms with Crippen LogP contribution in [0.15, 0.2) is 0 Å². The van der Waals surface area contributed by atoms with Crippen molar-refractivity contribution in [3.8, 4) is 0 Å². The molecule has 7 heteroatoms. The first kappa shape index (κ1) is 21.4. The van der Waals surface area contributed by atoms with Crippen molar-refractivity contribution >= 4 is 6.03 Å². The molecule has 2 aliphatic heterocycles. The van der Waals surface area contributed by atoms with E-state index < -0.39 is 0 Å². The Balaban J connectivity index is 1.49. The number of morpholine rings is 1. The van der Waals surface area contributed by atoms with Gasteiger partial charge in [0.25, 0.3) is 0 Å². The molecule has 2 amide bonds. The highest BCUT2D eigenvalue weighted by Gasteiger charge is 2.28. The lowest BCUT2D eigenvalue weighted by atomic mass is 10.0. The number of ether oxygens (including phenoxy) is 1. The molecule has 152 valence electrons. The number of nitrogens with zero attached hydrogens (tertiary/aromatic N) is 3. The Labute approximate surface area is 159 Å². The van der Waals surface area contributed by atoms with Gasteiger partial charge in [0.1, 0.15) is 0 Å². The second kappa shape index (κ2) is 11.1. The van der Waals surface area contributed by atoms with Crippen molar-refractivity contribution in [2.75, 3.05) is 78.7 Å². The number of urea groups is 1. The van der Waals surface area contributed by atoms with Crippen LogP contribution in [-0.4, -0.2) is 105 Å². The summed E-state index contributed by atoms with van der Waals surface area (Å²) in [5, 5.41) is 6.02. The number of hydrogen-bond acceptors (Lipinski definition) is 5. The summed E-state index contributed by atoms with van der Waals surface area (Å²) < 4.78 is 5.40. The lowest BCUT2D eigenvalue weighted by molar-refractivity contribution is -0.00874. The molecule has 2 heterocycles. The molecule has 0 aliphatic carbocycles. The van der Waals surface area contributed by atoms with Gasteiger partial charge >= 0.3 is 6.03 Å². The van der Waals surface area contributed by atoms with E-state index in [2.05, 4.69) is 46.1 Å². The zero-order valence-corrected chi connectivity index (χ0v) is 17.1. The second-order valence-electron chi connectivity index (χ2n) is 8.00. The number of carbonyl (C=O) groups excluding carboxylic acids is 1.